The molecule has 3 aromatic rings. The van der Waals surface area contributed by atoms with E-state index in [-0.39, 0.29) is 24.7 Å². The Morgan fingerprint density at radius 3 is 2.35 bits per heavy atom. The van der Waals surface area contributed by atoms with Crippen molar-refractivity contribution in [3.63, 3.8) is 0 Å². The molecule has 9 nitrogen and oxygen atoms in total. The van der Waals surface area contributed by atoms with E-state index >= 15 is 0 Å². The van der Waals surface area contributed by atoms with E-state index in [1.54, 1.807) is 11.8 Å². The first-order valence-corrected chi connectivity index (χ1v) is 12.7. The van der Waals surface area contributed by atoms with Crippen LogP contribution in [0.5, 0.6) is 0 Å². The van der Waals surface area contributed by atoms with E-state index in [9.17, 15) is 19.2 Å². The molecule has 4 atom stereocenters. The van der Waals surface area contributed by atoms with Crippen LogP contribution in [0.2, 0.25) is 0 Å². The molecule has 2 fully saturated rings. The highest BCUT2D eigenvalue weighted by Gasteiger charge is 2.40. The number of nitrogens with one attached hydrogen (secondary N) is 4. The molecule has 9 heteroatoms. The molecular formula is C28H31N5O4. The van der Waals surface area contributed by atoms with E-state index in [1.165, 1.54) is 0 Å². The third-order valence-corrected chi connectivity index (χ3v) is 7.22. The third-order valence-electron chi connectivity index (χ3n) is 7.22. The molecule has 192 valence electrons. The monoisotopic (exact) mass is 501 g/mol. The van der Waals surface area contributed by atoms with Crippen LogP contribution in [0.3, 0.4) is 0 Å². The van der Waals surface area contributed by atoms with E-state index < -0.39 is 36.0 Å². The number of hydrogen-bond acceptors (Lipinski definition) is 4. The summed E-state index contributed by atoms with van der Waals surface area (Å²) in [5.41, 5.74) is 2.68. The number of rotatable bonds is 4. The van der Waals surface area contributed by atoms with Gasteiger partial charge in [0.15, 0.2) is 0 Å². The van der Waals surface area contributed by atoms with Gasteiger partial charge in [-0.25, -0.2) is 0 Å². The fraction of sp³-hybridized carbons (Fsp3) is 0.357. The number of H-pyrrole nitrogens is 1. The lowest BCUT2D eigenvalue weighted by molar-refractivity contribution is -0.143. The maximum atomic E-state index is 13.7. The van der Waals surface area contributed by atoms with Crippen LogP contribution in [-0.2, 0) is 32.0 Å². The molecule has 37 heavy (non-hydrogen) atoms. The van der Waals surface area contributed by atoms with E-state index in [0.717, 1.165) is 22.0 Å². The van der Waals surface area contributed by atoms with Crippen LogP contribution in [-0.4, -0.2) is 64.2 Å². The van der Waals surface area contributed by atoms with Crippen LogP contribution in [0.15, 0.2) is 60.8 Å². The number of nitrogens with zero attached hydrogens (tertiary/aromatic N) is 1. The summed E-state index contributed by atoms with van der Waals surface area (Å²) in [5.74, 6) is -1.54. The first-order chi connectivity index (χ1) is 17.9. The third kappa shape index (κ3) is 5.21. The number of hydrogen-bond donors (Lipinski definition) is 4. The lowest BCUT2D eigenvalue weighted by atomic mass is 10.0. The standard InChI is InChI=1S/C28H31N5O4/c1-17-25(34)31-22(15-19-16-29-21-11-6-5-10-20(19)21)26(35)32-23(14-18-8-3-2-4-9-18)28(37)33-13-7-12-24(33)27(36)30-17/h2-6,8-11,16-17,22-24,29H,7,12-15H2,1H3,(H,30,36)(H,31,34)(H,32,35)/t17-,22-,23-,24+/m0/s1. The summed E-state index contributed by atoms with van der Waals surface area (Å²) in [6, 6.07) is 13.8. The van der Waals surface area contributed by atoms with Crippen molar-refractivity contribution in [2.75, 3.05) is 6.54 Å². The minimum absolute atomic E-state index is 0.223. The highest BCUT2D eigenvalue weighted by Crippen LogP contribution is 2.22. The molecule has 0 bridgehead atoms. The second-order valence-corrected chi connectivity index (χ2v) is 9.80. The zero-order chi connectivity index (χ0) is 25.9. The lowest BCUT2D eigenvalue weighted by Crippen LogP contribution is -2.61. The average Bonchev–Trinajstić information content (AvgIpc) is 3.55. The number of amides is 4. The highest BCUT2D eigenvalue weighted by atomic mass is 16.2. The molecule has 0 unspecified atom stereocenters. The van der Waals surface area contributed by atoms with E-state index in [1.807, 2.05) is 60.8 Å². The largest absolute Gasteiger partial charge is 0.361 e. The Kier molecular flexibility index (Phi) is 6.94. The van der Waals surface area contributed by atoms with Crippen LogP contribution >= 0.6 is 0 Å². The van der Waals surface area contributed by atoms with Gasteiger partial charge in [-0.1, -0.05) is 48.5 Å². The van der Waals surface area contributed by atoms with Gasteiger partial charge in [0.25, 0.3) is 0 Å². The maximum Gasteiger partial charge on any atom is 0.246 e. The number of aromatic amines is 1. The molecule has 2 aliphatic rings. The predicted octanol–water partition coefficient (Wildman–Crippen LogP) is 1.43. The highest BCUT2D eigenvalue weighted by molar-refractivity contribution is 5.98. The van der Waals surface area contributed by atoms with Crippen molar-refractivity contribution in [1.82, 2.24) is 25.8 Å². The van der Waals surface area contributed by atoms with Crippen LogP contribution < -0.4 is 16.0 Å². The Balaban J connectivity index is 1.48. The summed E-state index contributed by atoms with van der Waals surface area (Å²) < 4.78 is 0. The Bertz CT molecular complexity index is 1320. The van der Waals surface area contributed by atoms with Gasteiger partial charge in [0.1, 0.15) is 24.2 Å². The van der Waals surface area contributed by atoms with Gasteiger partial charge in [0, 0.05) is 36.5 Å². The Hall–Kier alpha value is -4.14. The summed E-state index contributed by atoms with van der Waals surface area (Å²) >= 11 is 0. The zero-order valence-corrected chi connectivity index (χ0v) is 20.7. The first kappa shape index (κ1) is 24.5. The molecule has 1 aromatic heterocycles. The molecule has 0 spiro atoms. The maximum absolute atomic E-state index is 13.7. The topological polar surface area (TPSA) is 123 Å². The smallest absolute Gasteiger partial charge is 0.246 e. The van der Waals surface area contributed by atoms with Gasteiger partial charge < -0.3 is 25.8 Å². The number of carbonyl (C=O) groups is 4. The molecule has 2 aliphatic heterocycles. The molecular weight excluding hydrogens is 470 g/mol. The molecule has 5 rings (SSSR count). The SMILES string of the molecule is C[C@@H]1NC(=O)[C@H]2CCCN2C(=O)[C@H](Cc2ccccc2)NC(=O)[C@H](Cc2c[nH]c3ccccc23)NC1=O. The average molecular weight is 502 g/mol. The van der Waals surface area contributed by atoms with Gasteiger partial charge in [-0.3, -0.25) is 19.2 Å². The number of benzene rings is 2. The van der Waals surface area contributed by atoms with Crippen LogP contribution in [0.1, 0.15) is 30.9 Å². The van der Waals surface area contributed by atoms with Crippen molar-refractivity contribution < 1.29 is 19.2 Å². The first-order valence-electron chi connectivity index (χ1n) is 12.7. The van der Waals surface area contributed by atoms with Gasteiger partial charge in [0.05, 0.1) is 0 Å². The molecule has 0 aliphatic carbocycles. The van der Waals surface area contributed by atoms with E-state index in [2.05, 4.69) is 20.9 Å². The summed E-state index contributed by atoms with van der Waals surface area (Å²) in [6.07, 6.45) is 3.52. The van der Waals surface area contributed by atoms with Gasteiger partial charge in [-0.15, -0.1) is 0 Å². The van der Waals surface area contributed by atoms with Gasteiger partial charge in [-0.05, 0) is 37.0 Å². The van der Waals surface area contributed by atoms with Crippen molar-refractivity contribution in [1.29, 1.82) is 0 Å². The summed E-state index contributed by atoms with van der Waals surface area (Å²) in [7, 11) is 0. The minimum Gasteiger partial charge on any atom is -0.361 e. The molecule has 0 radical (unpaired) electrons. The fourth-order valence-electron chi connectivity index (χ4n) is 5.23. The quantitative estimate of drug-likeness (QED) is 0.432. The summed E-state index contributed by atoms with van der Waals surface area (Å²) in [4.78, 5) is 58.2. The Morgan fingerprint density at radius 2 is 1.54 bits per heavy atom. The Labute approximate surface area is 215 Å². The zero-order valence-electron chi connectivity index (χ0n) is 20.7. The molecule has 2 aromatic carbocycles. The number of para-hydroxylation sites is 1. The predicted molar refractivity (Wildman–Crippen MR) is 138 cm³/mol. The summed E-state index contributed by atoms with van der Waals surface area (Å²) in [5, 5.41) is 9.43. The van der Waals surface area contributed by atoms with Gasteiger partial charge in [0.2, 0.25) is 23.6 Å². The number of fused-ring (bicyclic) bond motifs is 2. The lowest BCUT2D eigenvalue weighted by Gasteiger charge is -2.32. The second-order valence-electron chi connectivity index (χ2n) is 9.80. The van der Waals surface area contributed by atoms with Crippen LogP contribution in [0.25, 0.3) is 10.9 Å². The van der Waals surface area contributed by atoms with Crippen molar-refractivity contribution in [2.24, 2.45) is 0 Å². The summed E-state index contributed by atoms with van der Waals surface area (Å²) in [6.45, 7) is 2.01. The van der Waals surface area contributed by atoms with Crippen molar-refractivity contribution in [3.8, 4) is 0 Å². The van der Waals surface area contributed by atoms with Crippen molar-refractivity contribution in [3.05, 3.63) is 71.9 Å². The normalized spacial score (nSPS) is 25.1. The van der Waals surface area contributed by atoms with Gasteiger partial charge in [-0.2, -0.15) is 0 Å². The molecule has 3 heterocycles. The number of carbonyl (C=O) groups excluding carboxylic acids is 4. The molecule has 4 amide bonds. The van der Waals surface area contributed by atoms with E-state index in [4.69, 9.17) is 0 Å². The number of aromatic nitrogens is 1. The molecule has 0 saturated carbocycles. The minimum atomic E-state index is -0.939. The Morgan fingerprint density at radius 1 is 0.811 bits per heavy atom. The molecule has 2 saturated heterocycles. The van der Waals surface area contributed by atoms with Gasteiger partial charge >= 0.3 is 0 Å². The fourth-order valence-corrected chi connectivity index (χ4v) is 5.23. The van der Waals surface area contributed by atoms with Crippen LogP contribution in [0, 0.1) is 0 Å². The van der Waals surface area contributed by atoms with E-state index in [0.29, 0.717) is 19.4 Å². The van der Waals surface area contributed by atoms with Crippen LogP contribution in [0.4, 0.5) is 0 Å². The second kappa shape index (κ2) is 10.5. The molecule has 4 N–H and O–H groups in total. The van der Waals surface area contributed by atoms with Crippen molar-refractivity contribution in [2.45, 2.75) is 56.8 Å². The van der Waals surface area contributed by atoms with Crippen molar-refractivity contribution >= 4 is 34.5 Å².